The topological polar surface area (TPSA) is 12.9 Å². The van der Waals surface area contributed by atoms with E-state index in [0.29, 0.717) is 20.6 Å². The van der Waals surface area contributed by atoms with Gasteiger partial charge in [-0.15, -0.1) is 11.6 Å². The molecule has 5 heteroatoms. The number of alkyl halides is 1. The van der Waals surface area contributed by atoms with Gasteiger partial charge in [-0.2, -0.15) is 0 Å². The number of hydrogen-bond donors (Lipinski definition) is 0. The minimum Gasteiger partial charge on any atom is -0.255 e. The Labute approximate surface area is 142 Å². The second-order valence-corrected chi connectivity index (χ2v) is 6.23. The summed E-state index contributed by atoms with van der Waals surface area (Å²) >= 11 is 24.9. The molecule has 0 aliphatic heterocycles. The number of benzene rings is 2. The minimum absolute atomic E-state index is 0.341. The summed E-state index contributed by atoms with van der Waals surface area (Å²) < 4.78 is 0. The molecule has 0 bridgehead atoms. The third-order valence-electron chi connectivity index (χ3n) is 3.25. The fourth-order valence-corrected chi connectivity index (χ4v) is 3.14. The second kappa shape index (κ2) is 6.02. The van der Waals surface area contributed by atoms with Gasteiger partial charge >= 0.3 is 0 Å². The first kappa shape index (κ1) is 14.9. The predicted molar refractivity (Wildman–Crippen MR) is 90.9 cm³/mol. The number of rotatable bonds is 2. The monoisotopic (exact) mass is 355 g/mol. The summed E-state index contributed by atoms with van der Waals surface area (Å²) in [5.74, 6) is 0. The van der Waals surface area contributed by atoms with Crippen LogP contribution in [0.15, 0.2) is 48.7 Å². The van der Waals surface area contributed by atoms with E-state index in [-0.39, 0.29) is 5.38 Å². The first-order chi connectivity index (χ1) is 10.1. The smallest absolute Gasteiger partial charge is 0.0906 e. The van der Waals surface area contributed by atoms with Crippen molar-refractivity contribution in [3.63, 3.8) is 0 Å². The zero-order chi connectivity index (χ0) is 15.0. The molecule has 106 valence electrons. The lowest BCUT2D eigenvalue weighted by atomic mass is 10.0. The van der Waals surface area contributed by atoms with Crippen molar-refractivity contribution in [1.29, 1.82) is 0 Å². The molecule has 1 unspecified atom stereocenters. The summed E-state index contributed by atoms with van der Waals surface area (Å²) in [5, 5.41) is 2.10. The molecule has 3 rings (SSSR count). The molecule has 0 aliphatic carbocycles. The quantitative estimate of drug-likeness (QED) is 0.476. The summed E-state index contributed by atoms with van der Waals surface area (Å²) in [7, 11) is 0. The van der Waals surface area contributed by atoms with Crippen LogP contribution in [0.1, 0.15) is 16.5 Å². The van der Waals surface area contributed by atoms with Crippen molar-refractivity contribution >= 4 is 57.3 Å². The highest BCUT2D eigenvalue weighted by Gasteiger charge is 2.16. The standard InChI is InChI=1S/C16H9Cl4N/c17-10-3-1-2-9(8-10)14(19)11-6-7-21-16-12(11)4-5-13(18)15(16)20/h1-8,14H. The van der Waals surface area contributed by atoms with Crippen LogP contribution in [0.2, 0.25) is 15.1 Å². The number of nitrogens with zero attached hydrogens (tertiary/aromatic N) is 1. The molecule has 1 heterocycles. The normalized spacial score (nSPS) is 12.6. The van der Waals surface area contributed by atoms with Gasteiger partial charge in [0.15, 0.2) is 0 Å². The molecule has 1 nitrogen and oxygen atoms in total. The van der Waals surface area contributed by atoms with E-state index < -0.39 is 0 Å². The van der Waals surface area contributed by atoms with Crippen molar-refractivity contribution in [2.45, 2.75) is 5.38 Å². The Morgan fingerprint density at radius 1 is 0.952 bits per heavy atom. The molecule has 0 amide bonds. The summed E-state index contributed by atoms with van der Waals surface area (Å²) in [5.41, 5.74) is 2.49. The van der Waals surface area contributed by atoms with Crippen LogP contribution in [0.4, 0.5) is 0 Å². The maximum absolute atomic E-state index is 6.61. The number of aromatic nitrogens is 1. The molecular formula is C16H9Cl4N. The van der Waals surface area contributed by atoms with Crippen LogP contribution in [0.5, 0.6) is 0 Å². The number of fused-ring (bicyclic) bond motifs is 1. The third-order valence-corrected chi connectivity index (χ3v) is 4.77. The van der Waals surface area contributed by atoms with Gasteiger partial charge in [0.2, 0.25) is 0 Å². The fourth-order valence-electron chi connectivity index (χ4n) is 2.25. The molecule has 0 saturated carbocycles. The number of pyridine rings is 1. The van der Waals surface area contributed by atoms with Crippen LogP contribution in [0.25, 0.3) is 10.9 Å². The first-order valence-corrected chi connectivity index (χ1v) is 7.77. The van der Waals surface area contributed by atoms with Crippen LogP contribution in [0.3, 0.4) is 0 Å². The van der Waals surface area contributed by atoms with E-state index in [1.165, 1.54) is 0 Å². The van der Waals surface area contributed by atoms with Gasteiger partial charge in [0.05, 0.1) is 20.9 Å². The summed E-state index contributed by atoms with van der Waals surface area (Å²) in [6.07, 6.45) is 1.68. The molecule has 21 heavy (non-hydrogen) atoms. The maximum Gasteiger partial charge on any atom is 0.0906 e. The van der Waals surface area contributed by atoms with Crippen LogP contribution < -0.4 is 0 Å². The highest BCUT2D eigenvalue weighted by atomic mass is 35.5. The zero-order valence-corrected chi connectivity index (χ0v) is 13.7. The Kier molecular flexibility index (Phi) is 4.28. The van der Waals surface area contributed by atoms with E-state index in [2.05, 4.69) is 4.98 Å². The van der Waals surface area contributed by atoms with E-state index in [4.69, 9.17) is 46.4 Å². The van der Waals surface area contributed by atoms with E-state index in [9.17, 15) is 0 Å². The minimum atomic E-state index is -0.341. The SMILES string of the molecule is Clc1cccc(C(Cl)c2ccnc3c(Cl)c(Cl)ccc23)c1. The molecular weight excluding hydrogens is 348 g/mol. The van der Waals surface area contributed by atoms with Crippen molar-refractivity contribution in [2.75, 3.05) is 0 Å². The molecule has 0 spiro atoms. The summed E-state index contributed by atoms with van der Waals surface area (Å²) in [6, 6.07) is 13.0. The molecule has 0 saturated heterocycles. The van der Waals surface area contributed by atoms with Gasteiger partial charge in [0.25, 0.3) is 0 Å². The lowest BCUT2D eigenvalue weighted by Gasteiger charge is -2.14. The molecule has 0 radical (unpaired) electrons. The second-order valence-electron chi connectivity index (χ2n) is 4.58. The van der Waals surface area contributed by atoms with Crippen LogP contribution in [-0.2, 0) is 0 Å². The number of hydrogen-bond acceptors (Lipinski definition) is 1. The fraction of sp³-hybridized carbons (Fsp3) is 0.0625. The van der Waals surface area contributed by atoms with Gasteiger partial charge in [0.1, 0.15) is 0 Å². The average molecular weight is 357 g/mol. The molecule has 0 N–H and O–H groups in total. The lowest BCUT2D eigenvalue weighted by molar-refractivity contribution is 1.15. The first-order valence-electron chi connectivity index (χ1n) is 6.20. The lowest BCUT2D eigenvalue weighted by Crippen LogP contribution is -1.96. The third kappa shape index (κ3) is 2.84. The average Bonchev–Trinajstić information content (AvgIpc) is 2.50. The van der Waals surface area contributed by atoms with Gasteiger partial charge in [-0.25, -0.2) is 0 Å². The van der Waals surface area contributed by atoms with E-state index in [1.54, 1.807) is 12.3 Å². The van der Waals surface area contributed by atoms with E-state index in [1.807, 2.05) is 36.4 Å². The van der Waals surface area contributed by atoms with Crippen molar-refractivity contribution < 1.29 is 0 Å². The van der Waals surface area contributed by atoms with Crippen molar-refractivity contribution in [3.8, 4) is 0 Å². The molecule has 3 aromatic rings. The van der Waals surface area contributed by atoms with Gasteiger partial charge in [0, 0.05) is 16.6 Å². The van der Waals surface area contributed by atoms with Crippen molar-refractivity contribution in [2.24, 2.45) is 0 Å². The Morgan fingerprint density at radius 2 is 1.76 bits per heavy atom. The number of halogens is 4. The Bertz CT molecular complexity index is 816. The van der Waals surface area contributed by atoms with Crippen LogP contribution >= 0.6 is 46.4 Å². The van der Waals surface area contributed by atoms with Gasteiger partial charge in [-0.05, 0) is 35.4 Å². The maximum atomic E-state index is 6.61. The Hall–Kier alpha value is -0.990. The van der Waals surface area contributed by atoms with Gasteiger partial charge < -0.3 is 0 Å². The highest BCUT2D eigenvalue weighted by molar-refractivity contribution is 6.45. The van der Waals surface area contributed by atoms with Crippen molar-refractivity contribution in [3.05, 3.63) is 74.9 Å². The van der Waals surface area contributed by atoms with Crippen LogP contribution in [0, 0.1) is 0 Å². The molecule has 0 fully saturated rings. The molecule has 1 aromatic heterocycles. The molecule has 1 atom stereocenters. The Morgan fingerprint density at radius 3 is 2.52 bits per heavy atom. The predicted octanol–water partition coefficient (Wildman–Crippen LogP) is 6.52. The zero-order valence-electron chi connectivity index (χ0n) is 10.7. The van der Waals surface area contributed by atoms with E-state index in [0.717, 1.165) is 16.5 Å². The largest absolute Gasteiger partial charge is 0.255 e. The van der Waals surface area contributed by atoms with Gasteiger partial charge in [-0.1, -0.05) is 53.0 Å². The van der Waals surface area contributed by atoms with Crippen LogP contribution in [-0.4, -0.2) is 4.98 Å². The van der Waals surface area contributed by atoms with E-state index >= 15 is 0 Å². The van der Waals surface area contributed by atoms with Crippen molar-refractivity contribution in [1.82, 2.24) is 4.98 Å². The summed E-state index contributed by atoms with van der Waals surface area (Å²) in [6.45, 7) is 0. The Balaban J connectivity index is 2.19. The van der Waals surface area contributed by atoms with Gasteiger partial charge in [-0.3, -0.25) is 4.98 Å². The molecule has 2 aromatic carbocycles. The highest BCUT2D eigenvalue weighted by Crippen LogP contribution is 2.37. The molecule has 0 aliphatic rings. The summed E-state index contributed by atoms with van der Waals surface area (Å²) in [4.78, 5) is 4.29.